The molecule has 1 atom stereocenters. The summed E-state index contributed by atoms with van der Waals surface area (Å²) in [4.78, 5) is 2.32. The summed E-state index contributed by atoms with van der Waals surface area (Å²) in [6.45, 7) is 9.15. The first-order chi connectivity index (χ1) is 7.09. The van der Waals surface area contributed by atoms with Crippen LogP contribution in [0.5, 0.6) is 0 Å². The van der Waals surface area contributed by atoms with Crippen molar-refractivity contribution in [2.75, 3.05) is 27.2 Å². The number of likely N-dealkylation sites (N-methyl/N-ethyl adjacent to an activating group) is 1. The van der Waals surface area contributed by atoms with E-state index in [9.17, 15) is 0 Å². The van der Waals surface area contributed by atoms with Gasteiger partial charge in [0.1, 0.15) is 0 Å². The Balaban J connectivity index is 3.46. The first-order valence-corrected chi connectivity index (χ1v) is 6.46. The first-order valence-electron chi connectivity index (χ1n) is 6.46. The van der Waals surface area contributed by atoms with Gasteiger partial charge >= 0.3 is 0 Å². The summed E-state index contributed by atoms with van der Waals surface area (Å²) in [6.07, 6.45) is 5.40. The lowest BCUT2D eigenvalue weighted by Gasteiger charge is -2.28. The topological polar surface area (TPSA) is 15.3 Å². The number of rotatable bonds is 9. The Bertz CT molecular complexity index is 124. The highest BCUT2D eigenvalue weighted by atomic mass is 15.1. The zero-order valence-electron chi connectivity index (χ0n) is 11.3. The molecule has 15 heavy (non-hydrogen) atoms. The molecule has 0 heterocycles. The van der Waals surface area contributed by atoms with Gasteiger partial charge in [-0.05, 0) is 33.0 Å². The van der Waals surface area contributed by atoms with E-state index >= 15 is 0 Å². The molecule has 0 aliphatic carbocycles. The molecule has 0 aromatic heterocycles. The largest absolute Gasteiger partial charge is 0.315 e. The maximum absolute atomic E-state index is 3.57. The molecule has 0 fully saturated rings. The third-order valence-corrected chi connectivity index (χ3v) is 2.99. The SMILES string of the molecule is CCCCCCNCC(C(C)C)N(C)C. The number of nitrogens with zero attached hydrogens (tertiary/aromatic N) is 1. The molecule has 1 N–H and O–H groups in total. The van der Waals surface area contributed by atoms with Crippen molar-refractivity contribution in [1.29, 1.82) is 0 Å². The van der Waals surface area contributed by atoms with Gasteiger partial charge in [0.25, 0.3) is 0 Å². The first kappa shape index (κ1) is 14.9. The second kappa shape index (κ2) is 9.17. The maximum atomic E-state index is 3.57. The minimum atomic E-state index is 0.663. The fourth-order valence-electron chi connectivity index (χ4n) is 1.94. The number of hydrogen-bond donors (Lipinski definition) is 1. The monoisotopic (exact) mass is 214 g/mol. The Morgan fingerprint density at radius 2 is 1.73 bits per heavy atom. The zero-order chi connectivity index (χ0) is 11.7. The zero-order valence-corrected chi connectivity index (χ0v) is 11.3. The van der Waals surface area contributed by atoms with Crippen molar-refractivity contribution in [3.05, 3.63) is 0 Å². The van der Waals surface area contributed by atoms with Crippen LogP contribution in [0.4, 0.5) is 0 Å². The molecule has 1 unspecified atom stereocenters. The van der Waals surface area contributed by atoms with Gasteiger partial charge in [0, 0.05) is 12.6 Å². The summed E-state index contributed by atoms with van der Waals surface area (Å²) >= 11 is 0. The van der Waals surface area contributed by atoms with E-state index in [-0.39, 0.29) is 0 Å². The van der Waals surface area contributed by atoms with Gasteiger partial charge in [0.2, 0.25) is 0 Å². The van der Waals surface area contributed by atoms with Gasteiger partial charge in [-0.25, -0.2) is 0 Å². The van der Waals surface area contributed by atoms with Crippen molar-refractivity contribution in [3.8, 4) is 0 Å². The standard InChI is InChI=1S/C13H30N2/c1-6-7-8-9-10-14-11-13(12(2)3)15(4)5/h12-14H,6-11H2,1-5H3. The lowest BCUT2D eigenvalue weighted by atomic mass is 10.0. The lowest BCUT2D eigenvalue weighted by molar-refractivity contribution is 0.224. The van der Waals surface area contributed by atoms with Crippen LogP contribution in [0.2, 0.25) is 0 Å². The van der Waals surface area contributed by atoms with Crippen LogP contribution >= 0.6 is 0 Å². The normalized spacial score (nSPS) is 13.8. The minimum Gasteiger partial charge on any atom is -0.315 e. The lowest BCUT2D eigenvalue weighted by Crippen LogP contribution is -2.41. The van der Waals surface area contributed by atoms with Crippen LogP contribution in [0.1, 0.15) is 46.5 Å². The van der Waals surface area contributed by atoms with E-state index in [0.717, 1.165) is 12.5 Å². The molecule has 0 aliphatic heterocycles. The summed E-state index contributed by atoms with van der Waals surface area (Å²) in [5, 5.41) is 3.57. The van der Waals surface area contributed by atoms with Crippen LogP contribution in [0.15, 0.2) is 0 Å². The van der Waals surface area contributed by atoms with E-state index < -0.39 is 0 Å². The highest BCUT2D eigenvalue weighted by Crippen LogP contribution is 2.06. The van der Waals surface area contributed by atoms with E-state index in [1.165, 1.54) is 32.2 Å². The molecule has 0 bridgehead atoms. The van der Waals surface area contributed by atoms with Crippen LogP contribution < -0.4 is 5.32 Å². The fraction of sp³-hybridized carbons (Fsp3) is 1.00. The van der Waals surface area contributed by atoms with E-state index in [1.54, 1.807) is 0 Å². The molecular weight excluding hydrogens is 184 g/mol. The van der Waals surface area contributed by atoms with E-state index in [4.69, 9.17) is 0 Å². The summed E-state index contributed by atoms with van der Waals surface area (Å²) in [5.74, 6) is 0.725. The van der Waals surface area contributed by atoms with Crippen molar-refractivity contribution >= 4 is 0 Å². The van der Waals surface area contributed by atoms with E-state index in [1.807, 2.05) is 0 Å². The molecule has 0 rings (SSSR count). The Hall–Kier alpha value is -0.0800. The second-order valence-electron chi connectivity index (χ2n) is 5.04. The van der Waals surface area contributed by atoms with Crippen molar-refractivity contribution in [2.45, 2.75) is 52.5 Å². The molecule has 0 aromatic carbocycles. The smallest absolute Gasteiger partial charge is 0.0237 e. The van der Waals surface area contributed by atoms with Crippen molar-refractivity contribution < 1.29 is 0 Å². The van der Waals surface area contributed by atoms with Gasteiger partial charge in [-0.2, -0.15) is 0 Å². The third-order valence-electron chi connectivity index (χ3n) is 2.99. The van der Waals surface area contributed by atoms with Gasteiger partial charge in [0.15, 0.2) is 0 Å². The van der Waals surface area contributed by atoms with Gasteiger partial charge in [-0.1, -0.05) is 40.0 Å². The summed E-state index contributed by atoms with van der Waals surface area (Å²) in [5.41, 5.74) is 0. The summed E-state index contributed by atoms with van der Waals surface area (Å²) < 4.78 is 0. The van der Waals surface area contributed by atoms with Crippen LogP contribution in [0.3, 0.4) is 0 Å². The van der Waals surface area contributed by atoms with Gasteiger partial charge in [-0.15, -0.1) is 0 Å². The Labute approximate surface area is 96.4 Å². The third kappa shape index (κ3) is 7.80. The maximum Gasteiger partial charge on any atom is 0.0237 e. The quantitative estimate of drug-likeness (QED) is 0.594. The molecule has 0 aromatic rings. The molecule has 0 saturated carbocycles. The molecule has 0 saturated heterocycles. The minimum absolute atomic E-state index is 0.663. The average Bonchev–Trinajstić information content (AvgIpc) is 2.15. The second-order valence-corrected chi connectivity index (χ2v) is 5.04. The van der Waals surface area contributed by atoms with Crippen molar-refractivity contribution in [2.24, 2.45) is 5.92 Å². The van der Waals surface area contributed by atoms with Gasteiger partial charge < -0.3 is 10.2 Å². The van der Waals surface area contributed by atoms with Crippen molar-refractivity contribution in [3.63, 3.8) is 0 Å². The molecule has 0 amide bonds. The predicted molar refractivity (Wildman–Crippen MR) is 69.3 cm³/mol. The highest BCUT2D eigenvalue weighted by molar-refractivity contribution is 4.72. The van der Waals surface area contributed by atoms with E-state index in [2.05, 4.69) is 45.1 Å². The van der Waals surface area contributed by atoms with E-state index in [0.29, 0.717) is 6.04 Å². The Morgan fingerprint density at radius 1 is 1.07 bits per heavy atom. The van der Waals surface area contributed by atoms with Gasteiger partial charge in [0.05, 0.1) is 0 Å². The summed E-state index contributed by atoms with van der Waals surface area (Å²) in [7, 11) is 4.34. The molecule has 0 spiro atoms. The molecular formula is C13H30N2. The van der Waals surface area contributed by atoms with Crippen molar-refractivity contribution in [1.82, 2.24) is 10.2 Å². The summed E-state index contributed by atoms with van der Waals surface area (Å²) in [6, 6.07) is 0.663. The molecule has 2 nitrogen and oxygen atoms in total. The molecule has 0 aliphatic rings. The highest BCUT2D eigenvalue weighted by Gasteiger charge is 2.14. The molecule has 2 heteroatoms. The Kier molecular flexibility index (Phi) is 9.12. The van der Waals surface area contributed by atoms with Crippen LogP contribution in [0, 0.1) is 5.92 Å². The number of hydrogen-bond acceptors (Lipinski definition) is 2. The van der Waals surface area contributed by atoms with Crippen LogP contribution in [0.25, 0.3) is 0 Å². The Morgan fingerprint density at radius 3 is 2.20 bits per heavy atom. The fourth-order valence-corrected chi connectivity index (χ4v) is 1.94. The molecule has 92 valence electrons. The number of nitrogens with one attached hydrogen (secondary N) is 1. The van der Waals surface area contributed by atoms with Crippen LogP contribution in [-0.2, 0) is 0 Å². The van der Waals surface area contributed by atoms with Crippen LogP contribution in [-0.4, -0.2) is 38.1 Å². The predicted octanol–water partition coefficient (Wildman–Crippen LogP) is 2.74. The average molecular weight is 214 g/mol. The number of unbranched alkanes of at least 4 members (excludes halogenated alkanes) is 3. The molecule has 0 radical (unpaired) electrons. The van der Waals surface area contributed by atoms with Gasteiger partial charge in [-0.3, -0.25) is 0 Å².